The molecule has 0 aromatic rings. The van der Waals surface area contributed by atoms with Crippen LogP contribution in [0, 0.1) is 12.8 Å². The molecule has 4 radical (unpaired) electrons. The average molecular weight is 399 g/mol. The quantitative estimate of drug-likeness (QED) is 0.507. The summed E-state index contributed by atoms with van der Waals surface area (Å²) < 4.78 is 0. The summed E-state index contributed by atoms with van der Waals surface area (Å²) in [5.74, 6) is 1.12. The summed E-state index contributed by atoms with van der Waals surface area (Å²) in [6, 6.07) is 0. The van der Waals surface area contributed by atoms with Crippen LogP contribution in [-0.4, -0.2) is 14.7 Å². The molecule has 0 aromatic carbocycles. The van der Waals surface area contributed by atoms with Gasteiger partial charge in [-0.05, 0) is 0 Å². The molecule has 0 saturated heterocycles. The molecular formula is C14H29BORbY-2. The molecule has 4 heteroatoms. The van der Waals surface area contributed by atoms with Gasteiger partial charge in [-0.2, -0.15) is 20.3 Å². The maximum Gasteiger partial charge on any atom is 1.00 e. The number of rotatable bonds is 5. The van der Waals surface area contributed by atoms with Crippen LogP contribution in [0.5, 0.6) is 0 Å². The van der Waals surface area contributed by atoms with Gasteiger partial charge in [0.05, 0.1) is 0 Å². The molecule has 0 fully saturated rings. The van der Waals surface area contributed by atoms with E-state index in [0.717, 1.165) is 12.3 Å². The van der Waals surface area contributed by atoms with E-state index in [9.17, 15) is 4.79 Å². The topological polar surface area (TPSA) is 17.1 Å². The molecule has 0 aliphatic rings. The Balaban J connectivity index is -0.0000000282. The van der Waals surface area contributed by atoms with Crippen molar-refractivity contribution in [3.05, 3.63) is 12.8 Å². The van der Waals surface area contributed by atoms with Gasteiger partial charge in [-0.15, -0.1) is 0 Å². The second kappa shape index (κ2) is 42.7. The largest absolute Gasteiger partial charge is 1.00 e. The van der Waals surface area contributed by atoms with Crippen molar-refractivity contribution in [2.45, 2.75) is 73.1 Å². The van der Waals surface area contributed by atoms with Gasteiger partial charge in [0, 0.05) is 41.1 Å². The fourth-order valence-electron chi connectivity index (χ4n) is 0.394. The van der Waals surface area contributed by atoms with Crippen molar-refractivity contribution < 1.29 is 95.7 Å². The second-order valence-electron chi connectivity index (χ2n) is 3.74. The van der Waals surface area contributed by atoms with Crippen LogP contribution >= 0.6 is 0 Å². The van der Waals surface area contributed by atoms with E-state index in [0.29, 0.717) is 6.42 Å². The van der Waals surface area contributed by atoms with Crippen LogP contribution in [-0.2, 0) is 37.5 Å². The van der Waals surface area contributed by atoms with Crippen molar-refractivity contribution in [3.8, 4) is 0 Å². The summed E-state index contributed by atoms with van der Waals surface area (Å²) in [5, 5.41) is 0. The van der Waals surface area contributed by atoms with E-state index in [1.54, 1.807) is 6.29 Å². The van der Waals surface area contributed by atoms with Crippen LogP contribution in [0.3, 0.4) is 0 Å². The first-order valence-electron chi connectivity index (χ1n) is 6.03. The maximum absolute atomic E-state index is 9.47. The van der Waals surface area contributed by atoms with E-state index in [-0.39, 0.29) is 99.3 Å². The van der Waals surface area contributed by atoms with Crippen molar-refractivity contribution in [1.29, 1.82) is 0 Å². The van der Waals surface area contributed by atoms with Gasteiger partial charge < -0.3 is 17.6 Å². The van der Waals surface area contributed by atoms with E-state index < -0.39 is 0 Å². The summed E-state index contributed by atoms with van der Waals surface area (Å²) in [4.78, 5) is 9.47. The van der Waals surface area contributed by atoms with Crippen LogP contribution in [0.2, 0.25) is 0 Å². The number of unbranched alkanes of at least 4 members (excludes halogenated alkanes) is 3. The third-order valence-corrected chi connectivity index (χ3v) is 1.53. The summed E-state index contributed by atoms with van der Waals surface area (Å²) in [5.41, 5.74) is 0. The summed E-state index contributed by atoms with van der Waals surface area (Å²) in [7, 11) is 0. The monoisotopic (exact) mass is 398 g/mol. The number of hydrogen-bond acceptors (Lipinski definition) is 1. The Morgan fingerprint density at radius 1 is 1.06 bits per heavy atom. The second-order valence-corrected chi connectivity index (χ2v) is 3.74. The van der Waals surface area contributed by atoms with Crippen molar-refractivity contribution in [1.82, 2.24) is 0 Å². The molecule has 0 amide bonds. The van der Waals surface area contributed by atoms with E-state index >= 15 is 0 Å². The predicted octanol–water partition coefficient (Wildman–Crippen LogP) is 1.54. The zero-order chi connectivity index (χ0) is 12.5. The minimum atomic E-state index is 0. The molecule has 100 valence electrons. The van der Waals surface area contributed by atoms with Crippen LogP contribution in [0.15, 0.2) is 0 Å². The van der Waals surface area contributed by atoms with Crippen LogP contribution in [0.25, 0.3) is 0 Å². The molecule has 0 saturated carbocycles. The number of carbonyl (C=O) groups excluding carboxylic acids is 1. The first-order valence-corrected chi connectivity index (χ1v) is 6.03. The van der Waals surface area contributed by atoms with Gasteiger partial charge in [-0.25, -0.2) is 0 Å². The molecule has 0 spiro atoms. The van der Waals surface area contributed by atoms with Crippen molar-refractivity contribution >= 4 is 14.7 Å². The smallest absolute Gasteiger partial charge is 0.544 e. The van der Waals surface area contributed by atoms with Gasteiger partial charge in [0.15, 0.2) is 0 Å². The molecule has 0 rings (SSSR count). The Labute approximate surface area is 193 Å². The van der Waals surface area contributed by atoms with Crippen molar-refractivity contribution in [2.24, 2.45) is 0 Å². The molecule has 18 heavy (non-hydrogen) atoms. The third kappa shape index (κ3) is 77.7. The van der Waals surface area contributed by atoms with Gasteiger partial charge in [-0.3, -0.25) is 12.7 Å². The van der Waals surface area contributed by atoms with E-state index in [1.165, 1.54) is 25.7 Å². The first-order chi connectivity index (χ1) is 7.10. The fourth-order valence-corrected chi connectivity index (χ4v) is 0.394. The Bertz CT molecular complexity index is 99.8. The molecule has 0 aliphatic carbocycles. The van der Waals surface area contributed by atoms with Crippen molar-refractivity contribution in [2.75, 3.05) is 0 Å². The summed E-state index contributed by atoms with van der Waals surface area (Å²) in [6.07, 6.45) is 8.56. The van der Waals surface area contributed by atoms with Crippen LogP contribution in [0.4, 0.5) is 0 Å². The zero-order valence-electron chi connectivity index (χ0n) is 13.5. The van der Waals surface area contributed by atoms with E-state index in [4.69, 9.17) is 0 Å². The molecule has 0 unspecified atom stereocenters. The minimum absolute atomic E-state index is 0. The standard InChI is InChI=1S/C5H8O.C5H11.C4H10.B.Rb.Y/c1-5(2)3-4-6;1-3-5-4-2;1-3-4-2;;;/h3H2,1-2H3;1,3-5H2,2H3;3-4H2,1-2H3;;;/q-2;-1;;;+1;. The molecule has 0 aliphatic heterocycles. The van der Waals surface area contributed by atoms with E-state index in [1.807, 2.05) is 13.8 Å². The Kier molecular flexibility index (Phi) is 88.1. The van der Waals surface area contributed by atoms with Crippen LogP contribution in [0.1, 0.15) is 73.1 Å². The normalized spacial score (nSPS) is 7.06. The van der Waals surface area contributed by atoms with Gasteiger partial charge in [0.25, 0.3) is 0 Å². The third-order valence-electron chi connectivity index (χ3n) is 1.53. The molecule has 0 N–H and O–H groups in total. The molecule has 0 aromatic heterocycles. The van der Waals surface area contributed by atoms with Gasteiger partial charge in [-0.1, -0.05) is 46.5 Å². The zero-order valence-corrected chi connectivity index (χ0v) is 21.3. The minimum Gasteiger partial charge on any atom is -0.544 e. The SMILES string of the molecule is CCCC.C[C-](C)C[C-]=O.[B].[CH2-]CCCC.[Rb+].[Y]. The van der Waals surface area contributed by atoms with Gasteiger partial charge in [0.2, 0.25) is 0 Å². The van der Waals surface area contributed by atoms with Gasteiger partial charge >= 0.3 is 58.2 Å². The Morgan fingerprint density at radius 2 is 1.44 bits per heavy atom. The van der Waals surface area contributed by atoms with Crippen LogP contribution < -0.4 is 58.2 Å². The average Bonchev–Trinajstić information content (AvgIpc) is 2.20. The van der Waals surface area contributed by atoms with Crippen molar-refractivity contribution in [3.63, 3.8) is 0 Å². The van der Waals surface area contributed by atoms with Gasteiger partial charge in [0.1, 0.15) is 0 Å². The molecule has 0 atom stereocenters. The molecule has 1 nitrogen and oxygen atoms in total. The first kappa shape index (κ1) is 37.1. The predicted molar refractivity (Wildman–Crippen MR) is 76.1 cm³/mol. The van der Waals surface area contributed by atoms with E-state index in [2.05, 4.69) is 27.7 Å². The summed E-state index contributed by atoms with van der Waals surface area (Å²) in [6.45, 7) is 14.0. The maximum atomic E-state index is 9.47. The summed E-state index contributed by atoms with van der Waals surface area (Å²) >= 11 is 0. The Morgan fingerprint density at radius 3 is 1.44 bits per heavy atom. The molecular weight excluding hydrogens is 369 g/mol. The Hall–Kier alpha value is 2.64. The molecule has 0 bridgehead atoms. The fraction of sp³-hybridized carbons (Fsp3) is 0.786. The molecule has 0 heterocycles. The number of hydrogen-bond donors (Lipinski definition) is 0.